The van der Waals surface area contributed by atoms with Gasteiger partial charge in [-0.3, -0.25) is 9.59 Å². The first-order valence-electron chi connectivity index (χ1n) is 5.32. The van der Waals surface area contributed by atoms with Gasteiger partial charge in [-0.15, -0.1) is 0 Å². The Morgan fingerprint density at radius 2 is 1.95 bits per heavy atom. The number of rotatable bonds is 4. The lowest BCUT2D eigenvalue weighted by atomic mass is 10.1. The van der Waals surface area contributed by atoms with Crippen molar-refractivity contribution in [3.05, 3.63) is 28.8 Å². The first-order chi connectivity index (χ1) is 9.11. The number of hydrogen-bond donors (Lipinski definition) is 3. The zero-order chi connectivity index (χ0) is 15.5. The predicted octanol–water partition coefficient (Wildman–Crippen LogP) is 1.50. The van der Waals surface area contributed by atoms with Crippen LogP contribution in [0.5, 0.6) is 0 Å². The van der Waals surface area contributed by atoms with Crippen LogP contribution in [0.2, 0.25) is 5.02 Å². The SMILES string of the molecule is NC(=O)CC(N)C(=O)Nc1cc(C(F)(F)F)ccc1Cl. The average Bonchev–Trinajstić information content (AvgIpc) is 2.29. The quantitative estimate of drug-likeness (QED) is 0.786. The Hall–Kier alpha value is -1.80. The molecule has 5 nitrogen and oxygen atoms in total. The van der Waals surface area contributed by atoms with E-state index in [9.17, 15) is 22.8 Å². The van der Waals surface area contributed by atoms with E-state index in [2.05, 4.69) is 5.32 Å². The van der Waals surface area contributed by atoms with Crippen molar-refractivity contribution >= 4 is 29.1 Å². The van der Waals surface area contributed by atoms with Crippen LogP contribution in [-0.4, -0.2) is 17.9 Å². The van der Waals surface area contributed by atoms with E-state index in [4.69, 9.17) is 23.1 Å². The molecule has 0 saturated carbocycles. The molecule has 110 valence electrons. The highest BCUT2D eigenvalue weighted by Gasteiger charge is 2.31. The smallest absolute Gasteiger partial charge is 0.370 e. The van der Waals surface area contributed by atoms with Crippen molar-refractivity contribution < 1.29 is 22.8 Å². The fourth-order valence-corrected chi connectivity index (χ4v) is 1.50. The number of carbonyl (C=O) groups is 2. The van der Waals surface area contributed by atoms with Crippen LogP contribution in [-0.2, 0) is 15.8 Å². The maximum atomic E-state index is 12.5. The Kier molecular flexibility index (Phi) is 4.96. The summed E-state index contributed by atoms with van der Waals surface area (Å²) in [7, 11) is 0. The van der Waals surface area contributed by atoms with Crippen molar-refractivity contribution in [2.75, 3.05) is 5.32 Å². The highest BCUT2D eigenvalue weighted by molar-refractivity contribution is 6.33. The lowest BCUT2D eigenvalue weighted by Gasteiger charge is -2.14. The second-order valence-electron chi connectivity index (χ2n) is 3.96. The Labute approximate surface area is 117 Å². The third kappa shape index (κ3) is 4.39. The van der Waals surface area contributed by atoms with E-state index >= 15 is 0 Å². The lowest BCUT2D eigenvalue weighted by molar-refractivity contribution is -0.137. The summed E-state index contributed by atoms with van der Waals surface area (Å²) < 4.78 is 37.6. The van der Waals surface area contributed by atoms with Crippen LogP contribution in [0, 0.1) is 0 Å². The van der Waals surface area contributed by atoms with Crippen LogP contribution in [0.4, 0.5) is 18.9 Å². The molecule has 1 unspecified atom stereocenters. The molecule has 0 saturated heterocycles. The molecular formula is C11H11ClF3N3O2. The Morgan fingerprint density at radius 3 is 2.45 bits per heavy atom. The molecule has 0 aliphatic carbocycles. The van der Waals surface area contributed by atoms with Crippen LogP contribution < -0.4 is 16.8 Å². The summed E-state index contributed by atoms with van der Waals surface area (Å²) in [5.41, 5.74) is 9.01. The Bertz CT molecular complexity index is 534. The number of halogens is 4. The third-order valence-corrected chi connectivity index (χ3v) is 2.64. The Balaban J connectivity index is 2.92. The predicted molar refractivity (Wildman–Crippen MR) is 66.9 cm³/mol. The van der Waals surface area contributed by atoms with Crippen molar-refractivity contribution in [3.8, 4) is 0 Å². The molecule has 1 aromatic carbocycles. The molecule has 0 bridgehead atoms. The molecule has 1 aromatic rings. The molecule has 5 N–H and O–H groups in total. The molecule has 1 rings (SSSR count). The minimum Gasteiger partial charge on any atom is -0.370 e. The van der Waals surface area contributed by atoms with Gasteiger partial charge in [0.1, 0.15) is 0 Å². The lowest BCUT2D eigenvalue weighted by Crippen LogP contribution is -2.39. The summed E-state index contributed by atoms with van der Waals surface area (Å²) in [4.78, 5) is 22.2. The van der Waals surface area contributed by atoms with Gasteiger partial charge in [-0.25, -0.2) is 0 Å². The topological polar surface area (TPSA) is 98.2 Å². The number of nitrogens with two attached hydrogens (primary N) is 2. The van der Waals surface area contributed by atoms with E-state index in [0.29, 0.717) is 6.07 Å². The average molecular weight is 310 g/mol. The summed E-state index contributed by atoms with van der Waals surface area (Å²) in [5, 5.41) is 2.04. The molecule has 20 heavy (non-hydrogen) atoms. The number of anilines is 1. The highest BCUT2D eigenvalue weighted by atomic mass is 35.5. The van der Waals surface area contributed by atoms with Crippen molar-refractivity contribution in [1.29, 1.82) is 0 Å². The molecule has 0 spiro atoms. The van der Waals surface area contributed by atoms with Crippen molar-refractivity contribution in [2.45, 2.75) is 18.6 Å². The molecule has 9 heteroatoms. The number of alkyl halides is 3. The number of amides is 2. The molecule has 0 aliphatic rings. The van der Waals surface area contributed by atoms with Crippen molar-refractivity contribution in [1.82, 2.24) is 0 Å². The summed E-state index contributed by atoms with van der Waals surface area (Å²) >= 11 is 5.69. The first kappa shape index (κ1) is 16.3. The van der Waals surface area contributed by atoms with Gasteiger partial charge < -0.3 is 16.8 Å². The number of carbonyl (C=O) groups excluding carboxylic acids is 2. The van der Waals surface area contributed by atoms with Gasteiger partial charge in [-0.1, -0.05) is 11.6 Å². The molecular weight excluding hydrogens is 299 g/mol. The fourth-order valence-electron chi connectivity index (χ4n) is 1.33. The van der Waals surface area contributed by atoms with Crippen LogP contribution in [0.25, 0.3) is 0 Å². The van der Waals surface area contributed by atoms with Crippen molar-refractivity contribution in [2.24, 2.45) is 11.5 Å². The van der Waals surface area contributed by atoms with Crippen LogP contribution in [0.1, 0.15) is 12.0 Å². The second-order valence-corrected chi connectivity index (χ2v) is 4.37. The van der Waals surface area contributed by atoms with Gasteiger partial charge in [0, 0.05) is 0 Å². The van der Waals surface area contributed by atoms with E-state index in [-0.39, 0.29) is 10.7 Å². The Morgan fingerprint density at radius 1 is 1.35 bits per heavy atom. The fraction of sp³-hybridized carbons (Fsp3) is 0.273. The summed E-state index contributed by atoms with van der Waals surface area (Å²) in [6, 6.07) is 1.19. The maximum absolute atomic E-state index is 12.5. The molecule has 0 aliphatic heterocycles. The minimum atomic E-state index is -4.57. The van der Waals surface area contributed by atoms with E-state index in [1.54, 1.807) is 0 Å². The molecule has 0 heterocycles. The van der Waals surface area contributed by atoms with Gasteiger partial charge in [0.25, 0.3) is 0 Å². The van der Waals surface area contributed by atoms with E-state index < -0.39 is 36.0 Å². The maximum Gasteiger partial charge on any atom is 0.416 e. The molecule has 0 radical (unpaired) electrons. The van der Waals surface area contributed by atoms with Crippen LogP contribution in [0.15, 0.2) is 18.2 Å². The number of benzene rings is 1. The van der Waals surface area contributed by atoms with Crippen molar-refractivity contribution in [3.63, 3.8) is 0 Å². The van der Waals surface area contributed by atoms with Crippen LogP contribution in [0.3, 0.4) is 0 Å². The zero-order valence-corrected chi connectivity index (χ0v) is 10.8. The number of primary amides is 1. The monoisotopic (exact) mass is 309 g/mol. The summed E-state index contributed by atoms with van der Waals surface area (Å²) in [6.07, 6.45) is -5.00. The second kappa shape index (κ2) is 6.10. The standard InChI is InChI=1S/C11H11ClF3N3O2/c12-6-2-1-5(11(13,14)15)3-8(6)18-10(20)7(16)4-9(17)19/h1-3,7H,4,16H2,(H2,17,19)(H,18,20). The van der Waals surface area contributed by atoms with E-state index in [0.717, 1.165) is 12.1 Å². The number of hydrogen-bond acceptors (Lipinski definition) is 3. The largest absolute Gasteiger partial charge is 0.416 e. The van der Waals surface area contributed by atoms with Gasteiger partial charge >= 0.3 is 6.18 Å². The van der Waals surface area contributed by atoms with E-state index in [1.807, 2.05) is 0 Å². The molecule has 0 fully saturated rings. The zero-order valence-electron chi connectivity index (χ0n) is 10.00. The first-order valence-corrected chi connectivity index (χ1v) is 5.70. The summed E-state index contributed by atoms with van der Waals surface area (Å²) in [5.74, 6) is -1.66. The van der Waals surface area contributed by atoms with Gasteiger partial charge in [-0.05, 0) is 18.2 Å². The third-order valence-electron chi connectivity index (χ3n) is 2.31. The van der Waals surface area contributed by atoms with Gasteiger partial charge in [-0.2, -0.15) is 13.2 Å². The van der Waals surface area contributed by atoms with Crippen LogP contribution >= 0.6 is 11.6 Å². The molecule has 0 aromatic heterocycles. The van der Waals surface area contributed by atoms with Gasteiger partial charge in [0.2, 0.25) is 11.8 Å². The highest BCUT2D eigenvalue weighted by Crippen LogP contribution is 2.33. The van der Waals surface area contributed by atoms with Gasteiger partial charge in [0.05, 0.1) is 28.7 Å². The van der Waals surface area contributed by atoms with E-state index in [1.165, 1.54) is 0 Å². The molecule has 2 amide bonds. The number of nitrogens with one attached hydrogen (secondary N) is 1. The van der Waals surface area contributed by atoms with Gasteiger partial charge in [0.15, 0.2) is 0 Å². The normalized spacial score (nSPS) is 12.8. The minimum absolute atomic E-state index is 0.0855. The molecule has 1 atom stereocenters. The summed E-state index contributed by atoms with van der Waals surface area (Å²) in [6.45, 7) is 0.